The van der Waals surface area contributed by atoms with Crippen LogP contribution in [-0.2, 0) is 28.5 Å². The largest absolute Gasteiger partial charge is 0.458 e. The van der Waals surface area contributed by atoms with Crippen LogP contribution in [0.2, 0.25) is 0 Å². The smallest absolute Gasteiger partial charge is 0.337 e. The molecule has 7 atom stereocenters. The molecule has 5 aliphatic rings. The molecule has 39 heavy (non-hydrogen) atoms. The lowest BCUT2D eigenvalue weighted by Gasteiger charge is -2.63. The zero-order valence-corrected chi connectivity index (χ0v) is 25.8. The summed E-state index contributed by atoms with van der Waals surface area (Å²) in [5.74, 6) is 0.782. The van der Waals surface area contributed by atoms with Gasteiger partial charge >= 0.3 is 11.9 Å². The summed E-state index contributed by atoms with van der Waals surface area (Å²) in [5, 5.41) is 0.722. The molecule has 0 spiro atoms. The third-order valence-corrected chi connectivity index (χ3v) is 13.2. The molecule has 2 aliphatic carbocycles. The summed E-state index contributed by atoms with van der Waals surface area (Å²) < 4.78 is 23.7. The van der Waals surface area contributed by atoms with Crippen LogP contribution in [0, 0.1) is 22.7 Å². The lowest BCUT2D eigenvalue weighted by molar-refractivity contribution is -0.344. The van der Waals surface area contributed by atoms with Gasteiger partial charge in [-0.2, -0.15) is 0 Å². The summed E-state index contributed by atoms with van der Waals surface area (Å²) in [7, 11) is 3.93. The maximum atomic E-state index is 12.6. The van der Waals surface area contributed by atoms with Gasteiger partial charge in [0.2, 0.25) is 0 Å². The average molecular weight is 579 g/mol. The molecule has 1 unspecified atom stereocenters. The molecule has 5 rings (SSSR count). The van der Waals surface area contributed by atoms with Crippen molar-refractivity contribution in [3.8, 4) is 0 Å². The topological polar surface area (TPSA) is 71.1 Å². The van der Waals surface area contributed by atoms with E-state index in [1.165, 1.54) is 17.7 Å². The number of cyclic esters (lactones) is 1. The molecule has 6 nitrogen and oxygen atoms in total. The van der Waals surface area contributed by atoms with Crippen LogP contribution in [0.3, 0.4) is 0 Å². The minimum atomic E-state index is -0.608. The van der Waals surface area contributed by atoms with Gasteiger partial charge in [0, 0.05) is 22.8 Å². The molecule has 0 bridgehead atoms. The molecule has 0 radical (unpaired) electrons. The molecule has 218 valence electrons. The molecule has 3 heterocycles. The van der Waals surface area contributed by atoms with Crippen molar-refractivity contribution >= 4 is 33.5 Å². The number of fused-ring (bicyclic) bond motifs is 3. The highest BCUT2D eigenvalue weighted by atomic mass is 33.1. The van der Waals surface area contributed by atoms with E-state index in [2.05, 4.69) is 20.4 Å². The number of hydrogen-bond donors (Lipinski definition) is 0. The van der Waals surface area contributed by atoms with E-state index in [-0.39, 0.29) is 41.4 Å². The fourth-order valence-corrected chi connectivity index (χ4v) is 11.0. The number of allylic oxidation sites excluding steroid dienone is 2. The van der Waals surface area contributed by atoms with Gasteiger partial charge in [-0.05, 0) is 82.5 Å². The van der Waals surface area contributed by atoms with Gasteiger partial charge < -0.3 is 18.9 Å². The van der Waals surface area contributed by atoms with Crippen molar-refractivity contribution in [2.24, 2.45) is 22.7 Å². The molecule has 2 saturated carbocycles. The Balaban J connectivity index is 1.21. The Hall–Kier alpha value is -0.960. The minimum absolute atomic E-state index is 0.0383. The first kappa shape index (κ1) is 29.5. The minimum Gasteiger partial charge on any atom is -0.458 e. The van der Waals surface area contributed by atoms with Crippen molar-refractivity contribution in [1.29, 1.82) is 0 Å². The normalized spacial score (nSPS) is 40.7. The lowest BCUT2D eigenvalue weighted by atomic mass is 9.46. The quantitative estimate of drug-likeness (QED) is 0.1000. The Morgan fingerprint density at radius 3 is 2.74 bits per heavy atom. The van der Waals surface area contributed by atoms with Crippen LogP contribution < -0.4 is 0 Å². The van der Waals surface area contributed by atoms with Gasteiger partial charge in [-0.15, -0.1) is 0 Å². The van der Waals surface area contributed by atoms with E-state index in [9.17, 15) is 9.59 Å². The second kappa shape index (κ2) is 11.7. The number of hydrogen-bond acceptors (Lipinski definition) is 8. The molecule has 8 heteroatoms. The van der Waals surface area contributed by atoms with Gasteiger partial charge in [0.05, 0.1) is 18.3 Å². The first-order valence-electron chi connectivity index (χ1n) is 14.9. The van der Waals surface area contributed by atoms with E-state index in [0.29, 0.717) is 30.9 Å². The number of rotatable bonds is 8. The second-order valence-electron chi connectivity index (χ2n) is 13.2. The number of esters is 2. The zero-order valence-electron chi connectivity index (χ0n) is 24.1. The van der Waals surface area contributed by atoms with Crippen molar-refractivity contribution in [3.05, 3.63) is 23.8 Å². The van der Waals surface area contributed by atoms with Crippen molar-refractivity contribution in [2.45, 2.75) is 115 Å². The molecular weight excluding hydrogens is 532 g/mol. The molecule has 0 aromatic heterocycles. The highest BCUT2D eigenvalue weighted by molar-refractivity contribution is 8.77. The Bertz CT molecular complexity index is 988. The van der Waals surface area contributed by atoms with E-state index in [4.69, 9.17) is 18.9 Å². The highest BCUT2D eigenvalue weighted by Crippen LogP contribution is 2.63. The number of carbonyl (C=O) groups is 2. The number of ether oxygens (including phenoxy) is 4. The first-order chi connectivity index (χ1) is 18.5. The molecule has 3 saturated heterocycles. The van der Waals surface area contributed by atoms with Gasteiger partial charge in [0.15, 0.2) is 11.9 Å². The maximum absolute atomic E-state index is 12.6. The molecule has 0 N–H and O–H groups in total. The van der Waals surface area contributed by atoms with E-state index >= 15 is 0 Å². The summed E-state index contributed by atoms with van der Waals surface area (Å²) in [6, 6.07) is 0. The third kappa shape index (κ3) is 6.14. The van der Waals surface area contributed by atoms with Gasteiger partial charge in [0.25, 0.3) is 0 Å². The number of unbranched alkanes of at least 4 members (excludes halogenated alkanes) is 1. The van der Waals surface area contributed by atoms with Crippen molar-refractivity contribution in [3.63, 3.8) is 0 Å². The van der Waals surface area contributed by atoms with E-state index in [1.54, 1.807) is 0 Å². The van der Waals surface area contributed by atoms with Gasteiger partial charge in [-0.1, -0.05) is 60.1 Å². The van der Waals surface area contributed by atoms with Crippen molar-refractivity contribution < 1.29 is 28.5 Å². The van der Waals surface area contributed by atoms with Crippen LogP contribution in [0.15, 0.2) is 23.8 Å². The van der Waals surface area contributed by atoms with E-state index in [0.717, 1.165) is 50.2 Å². The predicted octanol–water partition coefficient (Wildman–Crippen LogP) is 7.03. The zero-order chi connectivity index (χ0) is 27.8. The van der Waals surface area contributed by atoms with E-state index in [1.807, 2.05) is 41.5 Å². The molecule has 0 aromatic carbocycles. The SMILES string of the molecule is C=C1CC[C@@H]2[C@]3(C)COC(C)(C)O[C@@H]3CC[C@@]2(C)[C@@H]1C/C=C1/C(=O)OC[C@H]1OC(=O)CCCCC1CCSS1. The van der Waals surface area contributed by atoms with Crippen LogP contribution in [0.5, 0.6) is 0 Å². The maximum Gasteiger partial charge on any atom is 0.337 e. The van der Waals surface area contributed by atoms with Gasteiger partial charge in [-0.3, -0.25) is 4.79 Å². The number of carbonyl (C=O) groups excluding carboxylic acids is 2. The molecular formula is C31H46O6S2. The monoisotopic (exact) mass is 578 g/mol. The van der Waals surface area contributed by atoms with Crippen LogP contribution in [-0.4, -0.2) is 54.2 Å². The highest BCUT2D eigenvalue weighted by Gasteiger charge is 2.60. The van der Waals surface area contributed by atoms with Crippen LogP contribution in [0.4, 0.5) is 0 Å². The Labute approximate surface area is 242 Å². The van der Waals surface area contributed by atoms with Crippen LogP contribution >= 0.6 is 21.6 Å². The summed E-state index contributed by atoms with van der Waals surface area (Å²) in [6.07, 6.45) is 11.1. The fraction of sp³-hybridized carbons (Fsp3) is 0.806. The summed E-state index contributed by atoms with van der Waals surface area (Å²) in [6.45, 7) is 14.1. The van der Waals surface area contributed by atoms with Crippen molar-refractivity contribution in [2.75, 3.05) is 19.0 Å². The standard InChI is InChI=1S/C31H46O6S2/c1-20-10-13-25-30(4,16-14-26-31(25,5)19-35-29(2,3)37-26)23(20)12-11-22-24(18-34-28(22)33)36-27(32)9-7-6-8-21-15-17-38-39-21/h11,21,23-26H,1,6-10,12-19H2,2-5H3/b22-11+/t21?,23-,24-,25+,26-,30+,31+/m1/s1. The second-order valence-corrected chi connectivity index (χ2v) is 16.0. The Kier molecular flexibility index (Phi) is 8.88. The third-order valence-electron chi connectivity index (χ3n) is 10.2. The fourth-order valence-electron chi connectivity index (χ4n) is 7.94. The summed E-state index contributed by atoms with van der Waals surface area (Å²) >= 11 is 0. The molecule has 5 fully saturated rings. The Morgan fingerprint density at radius 2 is 1.97 bits per heavy atom. The van der Waals surface area contributed by atoms with Gasteiger partial charge in [-0.25, -0.2) is 4.79 Å². The predicted molar refractivity (Wildman–Crippen MR) is 156 cm³/mol. The molecule has 3 aliphatic heterocycles. The lowest BCUT2D eigenvalue weighted by Crippen LogP contribution is -2.62. The van der Waals surface area contributed by atoms with Gasteiger partial charge in [0.1, 0.15) is 6.61 Å². The van der Waals surface area contributed by atoms with E-state index < -0.39 is 11.9 Å². The first-order valence-corrected chi connectivity index (χ1v) is 17.2. The summed E-state index contributed by atoms with van der Waals surface area (Å²) in [4.78, 5) is 25.2. The van der Waals surface area contributed by atoms with Crippen LogP contribution in [0.1, 0.15) is 91.9 Å². The van der Waals surface area contributed by atoms with Crippen LogP contribution in [0.25, 0.3) is 0 Å². The average Bonchev–Trinajstić information content (AvgIpc) is 3.52. The molecule has 0 amide bonds. The molecule has 0 aromatic rings. The Morgan fingerprint density at radius 1 is 1.15 bits per heavy atom. The van der Waals surface area contributed by atoms with Crippen molar-refractivity contribution in [1.82, 2.24) is 0 Å². The summed E-state index contributed by atoms with van der Waals surface area (Å²) in [5.41, 5.74) is 1.74.